The van der Waals surface area contributed by atoms with Gasteiger partial charge in [0.25, 0.3) is 5.91 Å². The number of rotatable bonds is 5. The van der Waals surface area contributed by atoms with Crippen LogP contribution in [0.4, 0.5) is 5.82 Å². The van der Waals surface area contributed by atoms with Crippen molar-refractivity contribution in [3.05, 3.63) is 65.9 Å². The Bertz CT molecular complexity index is 1400. The molecule has 0 radical (unpaired) electrons. The van der Waals surface area contributed by atoms with Crippen molar-refractivity contribution in [3.63, 3.8) is 0 Å². The molecule has 10 heteroatoms. The number of para-hydroxylation sites is 1. The molecule has 34 heavy (non-hydrogen) atoms. The molecule has 0 aliphatic carbocycles. The van der Waals surface area contributed by atoms with Crippen molar-refractivity contribution in [2.75, 3.05) is 18.4 Å². The first-order valence-electron chi connectivity index (χ1n) is 11.3. The molecule has 2 aromatic carbocycles. The van der Waals surface area contributed by atoms with E-state index in [1.54, 1.807) is 27.2 Å². The van der Waals surface area contributed by atoms with Crippen LogP contribution in [0, 0.1) is 6.92 Å². The van der Waals surface area contributed by atoms with Crippen LogP contribution in [0.5, 0.6) is 0 Å². The first-order chi connectivity index (χ1) is 16.4. The molecule has 1 fully saturated rings. The van der Waals surface area contributed by atoms with E-state index in [-0.39, 0.29) is 10.8 Å². The Morgan fingerprint density at radius 2 is 1.71 bits per heavy atom. The van der Waals surface area contributed by atoms with Crippen molar-refractivity contribution in [1.82, 2.24) is 19.1 Å². The molecule has 1 aliphatic heterocycles. The molecule has 4 aromatic rings. The van der Waals surface area contributed by atoms with Gasteiger partial charge in [-0.05, 0) is 56.2 Å². The molecule has 3 heterocycles. The SMILES string of the molecule is Cc1cc(NC(=O)c2ccc(S(=O)(=O)N3CCCCCC3)cc2)n(-c2nc3ccccc3s2)n1. The zero-order valence-corrected chi connectivity index (χ0v) is 20.4. The molecular formula is C24H25N5O3S2. The summed E-state index contributed by atoms with van der Waals surface area (Å²) in [6, 6.07) is 15.7. The van der Waals surface area contributed by atoms with Crippen LogP contribution in [0.15, 0.2) is 59.5 Å². The lowest BCUT2D eigenvalue weighted by atomic mass is 10.2. The van der Waals surface area contributed by atoms with E-state index in [1.165, 1.54) is 23.5 Å². The van der Waals surface area contributed by atoms with Gasteiger partial charge in [-0.3, -0.25) is 4.79 Å². The summed E-state index contributed by atoms with van der Waals surface area (Å²) in [5.74, 6) is 0.156. The summed E-state index contributed by atoms with van der Waals surface area (Å²) in [6.07, 6.45) is 3.86. The summed E-state index contributed by atoms with van der Waals surface area (Å²) in [4.78, 5) is 17.8. The molecule has 176 valence electrons. The minimum absolute atomic E-state index is 0.210. The Kier molecular flexibility index (Phi) is 6.20. The van der Waals surface area contributed by atoms with Crippen molar-refractivity contribution in [2.24, 2.45) is 0 Å². The number of sulfonamides is 1. The van der Waals surface area contributed by atoms with Gasteiger partial charge in [-0.1, -0.05) is 36.3 Å². The maximum atomic E-state index is 13.0. The van der Waals surface area contributed by atoms with E-state index in [2.05, 4.69) is 15.4 Å². The van der Waals surface area contributed by atoms with Gasteiger partial charge >= 0.3 is 0 Å². The van der Waals surface area contributed by atoms with Gasteiger partial charge < -0.3 is 5.32 Å². The summed E-state index contributed by atoms with van der Waals surface area (Å²) in [5, 5.41) is 8.04. The number of hydrogen-bond acceptors (Lipinski definition) is 6. The van der Waals surface area contributed by atoms with E-state index >= 15 is 0 Å². The maximum Gasteiger partial charge on any atom is 0.256 e. The summed E-state index contributed by atoms with van der Waals surface area (Å²) in [5.41, 5.74) is 1.98. The van der Waals surface area contributed by atoms with E-state index in [9.17, 15) is 13.2 Å². The van der Waals surface area contributed by atoms with Crippen LogP contribution in [0.3, 0.4) is 0 Å². The Morgan fingerprint density at radius 3 is 2.41 bits per heavy atom. The summed E-state index contributed by atoms with van der Waals surface area (Å²) >= 11 is 1.49. The zero-order chi connectivity index (χ0) is 23.7. The van der Waals surface area contributed by atoms with Crippen molar-refractivity contribution in [3.8, 4) is 5.13 Å². The zero-order valence-electron chi connectivity index (χ0n) is 18.8. The lowest BCUT2D eigenvalue weighted by Crippen LogP contribution is -2.31. The number of carbonyl (C=O) groups excluding carboxylic acids is 1. The molecular weight excluding hydrogens is 470 g/mol. The number of hydrogen-bond donors (Lipinski definition) is 1. The van der Waals surface area contributed by atoms with Gasteiger partial charge in [0.1, 0.15) is 5.82 Å². The molecule has 0 atom stereocenters. The predicted molar refractivity (Wildman–Crippen MR) is 133 cm³/mol. The Morgan fingerprint density at radius 1 is 1.00 bits per heavy atom. The van der Waals surface area contributed by atoms with E-state index in [1.807, 2.05) is 31.2 Å². The molecule has 8 nitrogen and oxygen atoms in total. The highest BCUT2D eigenvalue weighted by atomic mass is 32.2. The number of thiazole rings is 1. The van der Waals surface area contributed by atoms with E-state index in [4.69, 9.17) is 0 Å². The monoisotopic (exact) mass is 495 g/mol. The molecule has 0 unspecified atom stereocenters. The van der Waals surface area contributed by atoms with Crippen LogP contribution in [-0.2, 0) is 10.0 Å². The number of fused-ring (bicyclic) bond motifs is 1. The van der Waals surface area contributed by atoms with Crippen LogP contribution in [0.1, 0.15) is 41.7 Å². The van der Waals surface area contributed by atoms with E-state index in [0.717, 1.165) is 41.6 Å². The van der Waals surface area contributed by atoms with Gasteiger partial charge in [-0.2, -0.15) is 14.1 Å². The Balaban J connectivity index is 1.36. The normalized spacial score (nSPS) is 15.3. The van der Waals surface area contributed by atoms with E-state index < -0.39 is 10.0 Å². The molecule has 2 aromatic heterocycles. The molecule has 1 amide bonds. The van der Waals surface area contributed by atoms with Crippen molar-refractivity contribution in [2.45, 2.75) is 37.5 Å². The standard InChI is InChI=1S/C24H25N5O3S2/c1-17-16-22(29(27-17)24-25-20-8-4-5-9-21(20)33-24)26-23(30)18-10-12-19(13-11-18)34(31,32)28-14-6-2-3-7-15-28/h4-5,8-13,16H,2-3,6-7,14-15H2,1H3,(H,26,30). The molecule has 1 N–H and O–H groups in total. The predicted octanol–water partition coefficient (Wildman–Crippen LogP) is 4.61. The highest BCUT2D eigenvalue weighted by molar-refractivity contribution is 7.89. The van der Waals surface area contributed by atoms with Crippen LogP contribution in [-0.4, -0.2) is 46.5 Å². The molecule has 1 aliphatic rings. The van der Waals surface area contributed by atoms with Gasteiger partial charge in [0.15, 0.2) is 0 Å². The quantitative estimate of drug-likeness (QED) is 0.436. The van der Waals surface area contributed by atoms with Crippen molar-refractivity contribution >= 4 is 43.3 Å². The second-order valence-corrected chi connectivity index (χ2v) is 11.3. The first kappa shape index (κ1) is 22.7. The van der Waals surface area contributed by atoms with Crippen LogP contribution < -0.4 is 5.32 Å². The molecule has 0 spiro atoms. The first-order valence-corrected chi connectivity index (χ1v) is 13.5. The number of nitrogens with one attached hydrogen (secondary N) is 1. The number of aromatic nitrogens is 3. The van der Waals surface area contributed by atoms with Crippen LogP contribution >= 0.6 is 11.3 Å². The highest BCUT2D eigenvalue weighted by Gasteiger charge is 2.25. The largest absolute Gasteiger partial charge is 0.306 e. The number of carbonyl (C=O) groups is 1. The molecule has 0 bridgehead atoms. The van der Waals surface area contributed by atoms with Crippen molar-refractivity contribution in [1.29, 1.82) is 0 Å². The van der Waals surface area contributed by atoms with Crippen LogP contribution in [0.2, 0.25) is 0 Å². The second kappa shape index (κ2) is 9.28. The van der Waals surface area contributed by atoms with Gasteiger partial charge in [-0.15, -0.1) is 0 Å². The fraction of sp³-hybridized carbons (Fsp3) is 0.292. The highest BCUT2D eigenvalue weighted by Crippen LogP contribution is 2.27. The number of nitrogens with zero attached hydrogens (tertiary/aromatic N) is 4. The molecule has 5 rings (SSSR count). The number of amides is 1. The molecule has 1 saturated heterocycles. The minimum atomic E-state index is -3.56. The topological polar surface area (TPSA) is 97.2 Å². The minimum Gasteiger partial charge on any atom is -0.306 e. The number of aryl methyl sites for hydroxylation is 1. The average molecular weight is 496 g/mol. The van der Waals surface area contributed by atoms with Crippen molar-refractivity contribution < 1.29 is 13.2 Å². The van der Waals surface area contributed by atoms with Gasteiger partial charge in [-0.25, -0.2) is 13.4 Å². The van der Waals surface area contributed by atoms with Crippen LogP contribution in [0.25, 0.3) is 15.3 Å². The van der Waals surface area contributed by atoms with E-state index in [0.29, 0.717) is 29.6 Å². The maximum absolute atomic E-state index is 13.0. The third kappa shape index (κ3) is 4.48. The third-order valence-corrected chi connectivity index (χ3v) is 8.78. The fourth-order valence-electron chi connectivity index (χ4n) is 4.08. The summed E-state index contributed by atoms with van der Waals surface area (Å²) in [6.45, 7) is 2.93. The molecule has 0 saturated carbocycles. The summed E-state index contributed by atoms with van der Waals surface area (Å²) < 4.78 is 30.2. The third-order valence-electron chi connectivity index (χ3n) is 5.86. The van der Waals surface area contributed by atoms with Gasteiger partial charge in [0.2, 0.25) is 15.2 Å². The van der Waals surface area contributed by atoms with Gasteiger partial charge in [0, 0.05) is 24.7 Å². The lowest BCUT2D eigenvalue weighted by Gasteiger charge is -2.20. The Labute approximate surface area is 202 Å². The summed E-state index contributed by atoms with van der Waals surface area (Å²) in [7, 11) is -3.56. The van der Waals surface area contributed by atoms with Gasteiger partial charge in [0.05, 0.1) is 20.8 Å². The second-order valence-electron chi connectivity index (χ2n) is 8.34. The Hall–Kier alpha value is -3.08. The lowest BCUT2D eigenvalue weighted by molar-refractivity contribution is 0.102. The average Bonchev–Trinajstić information content (AvgIpc) is 3.30. The number of anilines is 1. The number of benzene rings is 2. The fourth-order valence-corrected chi connectivity index (χ4v) is 6.53. The smallest absolute Gasteiger partial charge is 0.256 e.